The van der Waals surface area contributed by atoms with E-state index in [4.69, 9.17) is 4.74 Å². The van der Waals surface area contributed by atoms with E-state index in [1.54, 1.807) is 26.6 Å². The zero-order chi connectivity index (χ0) is 33.3. The number of amides is 3. The van der Waals surface area contributed by atoms with Gasteiger partial charge in [-0.25, -0.2) is 4.68 Å². The lowest BCUT2D eigenvalue weighted by Crippen LogP contribution is -2.59. The number of aliphatic hydroxyl groups is 1. The molecule has 0 radical (unpaired) electrons. The predicted octanol–water partition coefficient (Wildman–Crippen LogP) is 3.18. The third-order valence-electron chi connectivity index (χ3n) is 9.71. The number of para-hydroxylation sites is 1. The van der Waals surface area contributed by atoms with Gasteiger partial charge in [0.15, 0.2) is 0 Å². The molecule has 7 atom stereocenters. The number of hydrogen-bond acceptors (Lipinski definition) is 7. The lowest BCUT2D eigenvalue weighted by Gasteiger charge is -2.39. The standard InChI is InChI=1S/C35H41BrN6O5/c1-4-16-39(17-5-2)32(44)28-29-33(45)42(24(21-43)19-23-12-8-7-9-13-23)31(35(29)20-25(36)30(28)47-35)34(46)40(18-6-3)22-41-27-15-11-10-14-26(27)37-38-41/h4,6-15,24-25,28-31,43H,1,3,5,16-22H2,2H3/t24-,25?,28-,29+,30-,31?,35?/m1/s1. The second-order valence-electron chi connectivity index (χ2n) is 12.6. The van der Waals surface area contributed by atoms with Crippen molar-refractivity contribution in [2.24, 2.45) is 11.8 Å². The molecule has 3 amide bonds. The molecule has 0 aliphatic carbocycles. The molecule has 1 aromatic heterocycles. The van der Waals surface area contributed by atoms with Crippen molar-refractivity contribution in [1.29, 1.82) is 0 Å². The lowest BCUT2D eigenvalue weighted by molar-refractivity contribution is -0.152. The summed E-state index contributed by atoms with van der Waals surface area (Å²) in [6, 6.07) is 15.2. The van der Waals surface area contributed by atoms with Crippen LogP contribution in [0.1, 0.15) is 25.3 Å². The van der Waals surface area contributed by atoms with Gasteiger partial charge < -0.3 is 24.5 Å². The van der Waals surface area contributed by atoms with E-state index in [1.807, 2.05) is 61.5 Å². The van der Waals surface area contributed by atoms with Gasteiger partial charge in [-0.1, -0.05) is 82.7 Å². The van der Waals surface area contributed by atoms with Gasteiger partial charge in [-0.05, 0) is 37.0 Å². The van der Waals surface area contributed by atoms with Crippen LogP contribution >= 0.6 is 15.9 Å². The summed E-state index contributed by atoms with van der Waals surface area (Å²) in [4.78, 5) is 48.7. The molecule has 0 saturated carbocycles. The molecule has 3 aliphatic heterocycles. The SMILES string of the molecule is C=CCN(Cn1nnc2ccccc21)C(=O)C1N([C@@H](CO)Cc2ccccc2)C(=O)[C@@H]2[C@@H](C(=O)N(CC=C)CCC)[C@@H]3OC12CC3Br. The second-order valence-corrected chi connectivity index (χ2v) is 13.8. The fourth-order valence-electron chi connectivity index (χ4n) is 7.82. The van der Waals surface area contributed by atoms with Crippen LogP contribution in [0.5, 0.6) is 0 Å². The molecule has 248 valence electrons. The van der Waals surface area contributed by atoms with Gasteiger partial charge in [0.05, 0.1) is 36.1 Å². The molecule has 2 aromatic carbocycles. The van der Waals surface area contributed by atoms with Crippen molar-refractivity contribution in [2.45, 2.75) is 61.5 Å². The largest absolute Gasteiger partial charge is 0.394 e. The van der Waals surface area contributed by atoms with Crippen molar-refractivity contribution in [3.05, 3.63) is 85.5 Å². The van der Waals surface area contributed by atoms with Gasteiger partial charge in [-0.15, -0.1) is 18.3 Å². The monoisotopic (exact) mass is 704 g/mol. The van der Waals surface area contributed by atoms with Crippen LogP contribution in [-0.4, -0.2) is 107 Å². The number of aromatic nitrogens is 3. The summed E-state index contributed by atoms with van der Waals surface area (Å²) in [5.74, 6) is -2.59. The Balaban J connectivity index is 1.43. The van der Waals surface area contributed by atoms with Crippen molar-refractivity contribution in [3.8, 4) is 0 Å². The predicted molar refractivity (Wildman–Crippen MR) is 180 cm³/mol. The van der Waals surface area contributed by atoms with Crippen LogP contribution in [0.3, 0.4) is 0 Å². The Labute approximate surface area is 283 Å². The number of likely N-dealkylation sites (tertiary alicyclic amines) is 1. The van der Waals surface area contributed by atoms with Crippen molar-refractivity contribution >= 4 is 44.7 Å². The Morgan fingerprint density at radius 3 is 2.51 bits per heavy atom. The quantitative estimate of drug-likeness (QED) is 0.202. The maximum absolute atomic E-state index is 15.0. The number of carbonyl (C=O) groups excluding carboxylic acids is 3. The Bertz CT molecular complexity index is 1650. The summed E-state index contributed by atoms with van der Waals surface area (Å²) < 4.78 is 8.42. The summed E-state index contributed by atoms with van der Waals surface area (Å²) >= 11 is 3.77. The number of alkyl halides is 1. The minimum absolute atomic E-state index is 0.0558. The highest BCUT2D eigenvalue weighted by Crippen LogP contribution is 2.61. The number of aliphatic hydroxyl groups excluding tert-OH is 1. The first-order chi connectivity index (χ1) is 22.8. The molecule has 11 nitrogen and oxygen atoms in total. The van der Waals surface area contributed by atoms with Crippen molar-refractivity contribution in [1.82, 2.24) is 29.7 Å². The third-order valence-corrected chi connectivity index (χ3v) is 10.5. The van der Waals surface area contributed by atoms with E-state index in [0.717, 1.165) is 17.5 Å². The van der Waals surface area contributed by atoms with Gasteiger partial charge in [-0.2, -0.15) is 0 Å². The van der Waals surface area contributed by atoms with Gasteiger partial charge in [-0.3, -0.25) is 14.4 Å². The van der Waals surface area contributed by atoms with E-state index in [1.165, 1.54) is 4.90 Å². The minimum atomic E-state index is -1.28. The second kappa shape index (κ2) is 13.7. The molecule has 3 fully saturated rings. The van der Waals surface area contributed by atoms with E-state index >= 15 is 4.79 Å². The van der Waals surface area contributed by atoms with Gasteiger partial charge in [0.25, 0.3) is 0 Å². The van der Waals surface area contributed by atoms with E-state index in [2.05, 4.69) is 39.4 Å². The molecule has 3 saturated heterocycles. The van der Waals surface area contributed by atoms with Crippen LogP contribution in [0.15, 0.2) is 79.9 Å². The van der Waals surface area contributed by atoms with E-state index in [-0.39, 0.29) is 42.4 Å². The summed E-state index contributed by atoms with van der Waals surface area (Å²) in [5.41, 5.74) is 1.07. The third kappa shape index (κ3) is 5.70. The zero-order valence-electron chi connectivity index (χ0n) is 26.5. The average molecular weight is 706 g/mol. The first kappa shape index (κ1) is 33.0. The summed E-state index contributed by atoms with van der Waals surface area (Å²) in [7, 11) is 0. The maximum Gasteiger partial charge on any atom is 0.250 e. The summed E-state index contributed by atoms with van der Waals surface area (Å²) in [6.07, 6.45) is 4.14. The molecule has 4 heterocycles. The Kier molecular flexibility index (Phi) is 9.63. The highest BCUT2D eigenvalue weighted by atomic mass is 79.9. The van der Waals surface area contributed by atoms with E-state index in [0.29, 0.717) is 31.4 Å². The van der Waals surface area contributed by atoms with Crippen molar-refractivity contribution < 1.29 is 24.2 Å². The molecule has 12 heteroatoms. The molecule has 1 spiro atoms. The fourth-order valence-corrected chi connectivity index (χ4v) is 8.76. The normalized spacial score (nSPS) is 26.7. The highest BCUT2D eigenvalue weighted by Gasteiger charge is 2.77. The first-order valence-corrected chi connectivity index (χ1v) is 17.1. The number of rotatable bonds is 14. The van der Waals surface area contributed by atoms with E-state index in [9.17, 15) is 14.7 Å². The van der Waals surface area contributed by atoms with Crippen LogP contribution in [0, 0.1) is 11.8 Å². The van der Waals surface area contributed by atoms with Crippen LogP contribution in [0.2, 0.25) is 0 Å². The molecule has 3 aliphatic rings. The zero-order valence-corrected chi connectivity index (χ0v) is 28.1. The van der Waals surface area contributed by atoms with Gasteiger partial charge in [0.2, 0.25) is 17.7 Å². The van der Waals surface area contributed by atoms with Gasteiger partial charge >= 0.3 is 0 Å². The van der Waals surface area contributed by atoms with Gasteiger partial charge in [0, 0.05) is 24.5 Å². The fraction of sp³-hybridized carbons (Fsp3) is 0.457. The molecular weight excluding hydrogens is 664 g/mol. The number of ether oxygens (including phenoxy) is 1. The molecule has 1 N–H and O–H groups in total. The summed E-state index contributed by atoms with van der Waals surface area (Å²) in [5, 5.41) is 19.4. The average Bonchev–Trinajstić information content (AvgIpc) is 3.80. The summed E-state index contributed by atoms with van der Waals surface area (Å²) in [6.45, 7) is 10.4. The minimum Gasteiger partial charge on any atom is -0.394 e. The molecule has 3 unspecified atom stereocenters. The Hall–Kier alpha value is -3.87. The molecule has 3 aromatic rings. The number of fused-ring (bicyclic) bond motifs is 2. The highest BCUT2D eigenvalue weighted by molar-refractivity contribution is 9.09. The molecule has 2 bridgehead atoms. The lowest BCUT2D eigenvalue weighted by atomic mass is 9.70. The number of benzene rings is 2. The van der Waals surface area contributed by atoms with Crippen molar-refractivity contribution in [2.75, 3.05) is 26.2 Å². The number of carbonyl (C=O) groups is 3. The van der Waals surface area contributed by atoms with Crippen LogP contribution in [0.4, 0.5) is 0 Å². The molecule has 6 rings (SSSR count). The molecule has 47 heavy (non-hydrogen) atoms. The van der Waals surface area contributed by atoms with Crippen LogP contribution < -0.4 is 0 Å². The number of nitrogens with zero attached hydrogens (tertiary/aromatic N) is 6. The Morgan fingerprint density at radius 1 is 1.11 bits per heavy atom. The van der Waals surface area contributed by atoms with Crippen LogP contribution in [-0.2, 0) is 32.2 Å². The smallest absolute Gasteiger partial charge is 0.250 e. The number of halogens is 1. The van der Waals surface area contributed by atoms with E-state index < -0.39 is 35.6 Å². The number of hydrogen-bond donors (Lipinski definition) is 1. The first-order valence-electron chi connectivity index (χ1n) is 16.2. The Morgan fingerprint density at radius 2 is 1.81 bits per heavy atom. The topological polar surface area (TPSA) is 121 Å². The van der Waals surface area contributed by atoms with Crippen molar-refractivity contribution in [3.63, 3.8) is 0 Å². The van der Waals surface area contributed by atoms with Crippen LogP contribution in [0.25, 0.3) is 11.0 Å². The molecular formula is C35H41BrN6O5. The maximum atomic E-state index is 15.0. The van der Waals surface area contributed by atoms with Gasteiger partial charge in [0.1, 0.15) is 23.8 Å².